The Balaban J connectivity index is 1.95. The third-order valence-electron chi connectivity index (χ3n) is 2.38. The fourth-order valence-corrected chi connectivity index (χ4v) is 1.59. The van der Waals surface area contributed by atoms with E-state index in [1.54, 1.807) is 0 Å². The van der Waals surface area contributed by atoms with Crippen molar-refractivity contribution >= 4 is 5.78 Å². The monoisotopic (exact) mass is 150 g/mol. The van der Waals surface area contributed by atoms with Crippen LogP contribution in [0.2, 0.25) is 0 Å². The predicted molar refractivity (Wildman–Crippen MR) is 43.0 cm³/mol. The van der Waals surface area contributed by atoms with Crippen molar-refractivity contribution in [3.63, 3.8) is 0 Å². The Morgan fingerprint density at radius 3 is 2.91 bits per heavy atom. The third kappa shape index (κ3) is 1.36. The van der Waals surface area contributed by atoms with Gasteiger partial charge in [-0.3, -0.25) is 4.79 Å². The number of carbonyl (C=O) groups excluding carboxylic acids is 1. The van der Waals surface area contributed by atoms with Crippen molar-refractivity contribution < 1.29 is 4.79 Å². The molecule has 0 saturated carbocycles. The first-order valence-electron chi connectivity index (χ1n) is 4.05. The lowest BCUT2D eigenvalue weighted by Gasteiger charge is -2.06. The van der Waals surface area contributed by atoms with Crippen LogP contribution in [-0.4, -0.2) is 30.8 Å². The second-order valence-corrected chi connectivity index (χ2v) is 3.40. The Bertz CT molecular complexity index is 220. The molecule has 1 radical (unpaired) electrons. The number of hydrogen-bond acceptors (Lipinski definition) is 2. The van der Waals surface area contributed by atoms with Gasteiger partial charge in [0.05, 0.1) is 0 Å². The summed E-state index contributed by atoms with van der Waals surface area (Å²) in [4.78, 5) is 13.6. The zero-order chi connectivity index (χ0) is 7.84. The first kappa shape index (κ1) is 7.04. The van der Waals surface area contributed by atoms with Crippen LogP contribution in [0.5, 0.6) is 0 Å². The standard InChI is InChI=1S/C9H12NO/c1-10-5-4-8(6-10)9(11)7-2-3-7/h2-3,8H,4-6H2,1H3/t8-/m1/s1. The molecule has 1 aliphatic heterocycles. The summed E-state index contributed by atoms with van der Waals surface area (Å²) in [5.41, 5.74) is 0.949. The van der Waals surface area contributed by atoms with Gasteiger partial charge in [-0.05, 0) is 25.6 Å². The van der Waals surface area contributed by atoms with Crippen molar-refractivity contribution in [2.45, 2.75) is 6.42 Å². The number of allylic oxidation sites excluding steroid dienone is 2. The molecule has 1 fully saturated rings. The van der Waals surface area contributed by atoms with Crippen LogP contribution in [0.25, 0.3) is 0 Å². The summed E-state index contributed by atoms with van der Waals surface area (Å²) in [6.45, 7) is 2.02. The van der Waals surface area contributed by atoms with Crippen LogP contribution in [0.4, 0.5) is 0 Å². The summed E-state index contributed by atoms with van der Waals surface area (Å²) in [6, 6.07) is 0. The highest BCUT2D eigenvalue weighted by atomic mass is 16.1. The minimum Gasteiger partial charge on any atom is -0.306 e. The maximum absolute atomic E-state index is 11.4. The molecule has 1 aliphatic carbocycles. The van der Waals surface area contributed by atoms with Crippen LogP contribution in [0, 0.1) is 12.3 Å². The SMILES string of the molecule is CN1CC[C@@H](C(=O)C2=C[CH]2)C1. The number of nitrogens with zero attached hydrogens (tertiary/aromatic N) is 1. The van der Waals surface area contributed by atoms with Crippen molar-refractivity contribution in [3.8, 4) is 0 Å². The van der Waals surface area contributed by atoms with Gasteiger partial charge in [-0.1, -0.05) is 6.08 Å². The van der Waals surface area contributed by atoms with Gasteiger partial charge in [0.1, 0.15) is 0 Å². The molecule has 0 bridgehead atoms. The van der Waals surface area contributed by atoms with E-state index in [1.165, 1.54) is 0 Å². The number of hydrogen-bond donors (Lipinski definition) is 0. The summed E-state index contributed by atoms with van der Waals surface area (Å²) < 4.78 is 0. The summed E-state index contributed by atoms with van der Waals surface area (Å²) in [5, 5.41) is 0. The van der Waals surface area contributed by atoms with E-state index in [1.807, 2.05) is 12.5 Å². The number of rotatable bonds is 2. The lowest BCUT2D eigenvalue weighted by molar-refractivity contribution is -0.118. The summed E-state index contributed by atoms with van der Waals surface area (Å²) in [7, 11) is 2.07. The maximum atomic E-state index is 11.4. The molecule has 1 atom stereocenters. The molecule has 2 rings (SSSR count). The molecule has 0 amide bonds. The first-order chi connectivity index (χ1) is 5.27. The summed E-state index contributed by atoms with van der Waals surface area (Å²) in [5.74, 6) is 0.638. The third-order valence-corrected chi connectivity index (χ3v) is 2.38. The van der Waals surface area contributed by atoms with Crippen LogP contribution < -0.4 is 0 Å². The minimum atomic E-state index is 0.282. The van der Waals surface area contributed by atoms with Crippen molar-refractivity contribution in [1.29, 1.82) is 0 Å². The van der Waals surface area contributed by atoms with E-state index in [0.29, 0.717) is 5.78 Å². The average Bonchev–Trinajstić information content (AvgIpc) is 2.74. The Morgan fingerprint density at radius 2 is 2.45 bits per heavy atom. The normalized spacial score (nSPS) is 30.3. The summed E-state index contributed by atoms with van der Waals surface area (Å²) in [6.07, 6.45) is 4.85. The highest BCUT2D eigenvalue weighted by molar-refractivity contribution is 6.04. The van der Waals surface area contributed by atoms with Crippen molar-refractivity contribution in [1.82, 2.24) is 4.90 Å². The highest BCUT2D eigenvalue weighted by Gasteiger charge is 2.30. The largest absolute Gasteiger partial charge is 0.306 e. The Kier molecular flexibility index (Phi) is 1.57. The molecule has 2 heteroatoms. The van der Waals surface area contributed by atoms with Crippen LogP contribution in [0.1, 0.15) is 6.42 Å². The molecule has 0 aromatic carbocycles. The van der Waals surface area contributed by atoms with Crippen LogP contribution in [-0.2, 0) is 4.79 Å². The van der Waals surface area contributed by atoms with Gasteiger partial charge in [0, 0.05) is 18.9 Å². The molecule has 1 heterocycles. The Morgan fingerprint density at radius 1 is 1.73 bits per heavy atom. The average molecular weight is 150 g/mol. The van der Waals surface area contributed by atoms with Crippen molar-refractivity contribution in [3.05, 3.63) is 18.1 Å². The van der Waals surface area contributed by atoms with Gasteiger partial charge in [-0.15, -0.1) is 0 Å². The number of carbonyl (C=O) groups is 1. The molecule has 0 spiro atoms. The van der Waals surface area contributed by atoms with E-state index < -0.39 is 0 Å². The van der Waals surface area contributed by atoms with Gasteiger partial charge < -0.3 is 4.90 Å². The van der Waals surface area contributed by atoms with Crippen molar-refractivity contribution in [2.24, 2.45) is 5.92 Å². The molecular formula is C9H12NO. The molecule has 0 aromatic rings. The molecule has 59 valence electrons. The first-order valence-corrected chi connectivity index (χ1v) is 4.05. The molecule has 2 aliphatic rings. The predicted octanol–water partition coefficient (Wildman–Crippen LogP) is 0.651. The topological polar surface area (TPSA) is 20.3 Å². The molecule has 0 unspecified atom stereocenters. The molecular weight excluding hydrogens is 138 g/mol. The maximum Gasteiger partial charge on any atom is 0.163 e. The number of Topliss-reactive ketones (excluding diaryl/α,β-unsaturated/α-hetero) is 1. The van der Waals surface area contributed by atoms with E-state index in [2.05, 4.69) is 11.9 Å². The smallest absolute Gasteiger partial charge is 0.163 e. The molecule has 11 heavy (non-hydrogen) atoms. The zero-order valence-corrected chi connectivity index (χ0v) is 6.71. The second-order valence-electron chi connectivity index (χ2n) is 3.40. The quantitative estimate of drug-likeness (QED) is 0.576. The fraction of sp³-hybridized carbons (Fsp3) is 0.556. The zero-order valence-electron chi connectivity index (χ0n) is 6.71. The van der Waals surface area contributed by atoms with Crippen LogP contribution in [0.15, 0.2) is 11.6 Å². The van der Waals surface area contributed by atoms with E-state index in [4.69, 9.17) is 0 Å². The van der Waals surface area contributed by atoms with E-state index >= 15 is 0 Å². The Hall–Kier alpha value is -0.630. The van der Waals surface area contributed by atoms with Crippen LogP contribution >= 0.6 is 0 Å². The van der Waals surface area contributed by atoms with Crippen LogP contribution in [0.3, 0.4) is 0 Å². The minimum absolute atomic E-state index is 0.282. The summed E-state index contributed by atoms with van der Waals surface area (Å²) >= 11 is 0. The molecule has 0 aromatic heterocycles. The number of likely N-dealkylation sites (tertiary alicyclic amines) is 1. The van der Waals surface area contributed by atoms with E-state index in [9.17, 15) is 4.79 Å². The van der Waals surface area contributed by atoms with E-state index in [0.717, 1.165) is 25.1 Å². The Labute approximate surface area is 66.9 Å². The second kappa shape index (κ2) is 2.45. The van der Waals surface area contributed by atoms with Gasteiger partial charge in [0.15, 0.2) is 5.78 Å². The van der Waals surface area contributed by atoms with Crippen molar-refractivity contribution in [2.75, 3.05) is 20.1 Å². The molecule has 0 N–H and O–H groups in total. The van der Waals surface area contributed by atoms with Gasteiger partial charge in [-0.2, -0.15) is 0 Å². The van der Waals surface area contributed by atoms with E-state index in [-0.39, 0.29) is 5.92 Å². The van der Waals surface area contributed by atoms with Gasteiger partial charge >= 0.3 is 0 Å². The van der Waals surface area contributed by atoms with Gasteiger partial charge in [-0.25, -0.2) is 0 Å². The lowest BCUT2D eigenvalue weighted by Crippen LogP contribution is -2.18. The molecule has 2 nitrogen and oxygen atoms in total. The lowest BCUT2D eigenvalue weighted by atomic mass is 10.0. The number of ketones is 1. The van der Waals surface area contributed by atoms with Gasteiger partial charge in [0.2, 0.25) is 0 Å². The molecule has 1 saturated heterocycles. The van der Waals surface area contributed by atoms with Gasteiger partial charge in [0.25, 0.3) is 0 Å². The fourth-order valence-electron chi connectivity index (χ4n) is 1.59. The highest BCUT2D eigenvalue weighted by Crippen LogP contribution is 2.26.